The zero-order valence-electron chi connectivity index (χ0n) is 9.25. The first-order valence-electron chi connectivity index (χ1n) is 5.92. The summed E-state index contributed by atoms with van der Waals surface area (Å²) in [5.41, 5.74) is 0. The van der Waals surface area contributed by atoms with Crippen LogP contribution in [-0.2, 0) is 0 Å². The van der Waals surface area contributed by atoms with Crippen LogP contribution in [0.1, 0.15) is 38.5 Å². The molecular weight excluding hydrogens is 170 g/mol. The van der Waals surface area contributed by atoms with E-state index in [2.05, 4.69) is 23.6 Å². The molecule has 1 nitrogen and oxygen atoms in total. The number of rotatable bonds is 6. The summed E-state index contributed by atoms with van der Waals surface area (Å²) in [7, 11) is 0. The topological polar surface area (TPSA) is 3.24 Å². The van der Waals surface area contributed by atoms with Crippen molar-refractivity contribution < 1.29 is 0 Å². The second kappa shape index (κ2) is 7.81. The summed E-state index contributed by atoms with van der Waals surface area (Å²) >= 11 is 0. The van der Waals surface area contributed by atoms with Gasteiger partial charge >= 0.3 is 0 Å². The van der Waals surface area contributed by atoms with Gasteiger partial charge in [-0.2, -0.15) is 0 Å². The van der Waals surface area contributed by atoms with Gasteiger partial charge in [0.1, 0.15) is 0 Å². The third kappa shape index (κ3) is 5.23. The van der Waals surface area contributed by atoms with Gasteiger partial charge in [-0.3, -0.25) is 4.90 Å². The van der Waals surface area contributed by atoms with Crippen LogP contribution in [-0.4, -0.2) is 24.5 Å². The molecule has 0 aromatic heterocycles. The molecule has 0 amide bonds. The molecule has 1 fully saturated rings. The largest absolute Gasteiger partial charge is 0.300 e. The lowest BCUT2D eigenvalue weighted by molar-refractivity contribution is 0.251. The Morgan fingerprint density at radius 3 is 2.50 bits per heavy atom. The van der Waals surface area contributed by atoms with E-state index in [9.17, 15) is 0 Å². The highest BCUT2D eigenvalue weighted by atomic mass is 15.1. The van der Waals surface area contributed by atoms with Crippen LogP contribution in [0.15, 0.2) is 24.8 Å². The van der Waals surface area contributed by atoms with Gasteiger partial charge in [0.2, 0.25) is 0 Å². The monoisotopic (exact) mass is 193 g/mol. The summed E-state index contributed by atoms with van der Waals surface area (Å²) in [5, 5.41) is 0. The fraction of sp³-hybridized carbons (Fsp3) is 0.692. The van der Waals surface area contributed by atoms with Gasteiger partial charge < -0.3 is 0 Å². The van der Waals surface area contributed by atoms with Crippen LogP contribution >= 0.6 is 0 Å². The molecule has 1 heteroatoms. The molecule has 0 atom stereocenters. The van der Waals surface area contributed by atoms with Crippen LogP contribution in [0.25, 0.3) is 0 Å². The van der Waals surface area contributed by atoms with Crippen LogP contribution in [0.5, 0.6) is 0 Å². The van der Waals surface area contributed by atoms with Gasteiger partial charge in [0.25, 0.3) is 0 Å². The Labute approximate surface area is 88.5 Å². The second-order valence-corrected chi connectivity index (χ2v) is 4.05. The molecule has 0 spiro atoms. The van der Waals surface area contributed by atoms with Crippen molar-refractivity contribution in [2.24, 2.45) is 0 Å². The van der Waals surface area contributed by atoms with Gasteiger partial charge in [0.05, 0.1) is 0 Å². The number of piperidine rings is 1. The molecule has 80 valence electrons. The predicted octanol–water partition coefficient (Wildman–Crippen LogP) is 3.38. The molecule has 14 heavy (non-hydrogen) atoms. The van der Waals surface area contributed by atoms with E-state index in [-0.39, 0.29) is 0 Å². The van der Waals surface area contributed by atoms with Gasteiger partial charge in [-0.1, -0.05) is 24.6 Å². The van der Waals surface area contributed by atoms with E-state index in [0.29, 0.717) is 0 Å². The Balaban J connectivity index is 1.97. The Morgan fingerprint density at radius 1 is 1.00 bits per heavy atom. The van der Waals surface area contributed by atoms with E-state index in [1.54, 1.807) is 0 Å². The third-order valence-electron chi connectivity index (χ3n) is 2.76. The Kier molecular flexibility index (Phi) is 6.42. The molecule has 1 rings (SSSR count). The second-order valence-electron chi connectivity index (χ2n) is 4.05. The van der Waals surface area contributed by atoms with Crippen molar-refractivity contribution in [1.29, 1.82) is 0 Å². The van der Waals surface area contributed by atoms with E-state index in [1.165, 1.54) is 45.2 Å². The highest BCUT2D eigenvalue weighted by Crippen LogP contribution is 2.08. The first-order valence-corrected chi connectivity index (χ1v) is 5.92. The van der Waals surface area contributed by atoms with E-state index in [1.807, 2.05) is 6.08 Å². The molecule has 0 aromatic carbocycles. The van der Waals surface area contributed by atoms with Gasteiger partial charge in [-0.05, 0) is 45.2 Å². The molecule has 0 bridgehead atoms. The maximum absolute atomic E-state index is 3.72. The predicted molar refractivity (Wildman–Crippen MR) is 63.5 cm³/mol. The average molecular weight is 193 g/mol. The lowest BCUT2D eigenvalue weighted by Gasteiger charge is -2.24. The van der Waals surface area contributed by atoms with E-state index in [4.69, 9.17) is 0 Å². The molecule has 1 saturated heterocycles. The van der Waals surface area contributed by atoms with Gasteiger partial charge in [-0.15, -0.1) is 6.58 Å². The molecule has 0 aliphatic carbocycles. The maximum atomic E-state index is 3.72. The van der Waals surface area contributed by atoms with Crippen molar-refractivity contribution in [3.63, 3.8) is 0 Å². The van der Waals surface area contributed by atoms with Gasteiger partial charge in [0, 0.05) is 6.54 Å². The molecule has 0 aromatic rings. The van der Waals surface area contributed by atoms with Crippen LogP contribution in [0, 0.1) is 0 Å². The molecule has 0 N–H and O–H groups in total. The summed E-state index contributed by atoms with van der Waals surface area (Å²) in [6, 6.07) is 0. The first kappa shape index (κ1) is 11.5. The van der Waals surface area contributed by atoms with Crippen molar-refractivity contribution in [1.82, 2.24) is 4.90 Å². The SMILES string of the molecule is C=CCCC/C=C/CN1CCCCC1. The molecule has 1 heterocycles. The van der Waals surface area contributed by atoms with Crippen LogP contribution < -0.4 is 0 Å². The van der Waals surface area contributed by atoms with Crippen molar-refractivity contribution >= 4 is 0 Å². The van der Waals surface area contributed by atoms with Crippen LogP contribution in [0.4, 0.5) is 0 Å². The fourth-order valence-electron chi connectivity index (χ4n) is 1.86. The molecule has 0 radical (unpaired) electrons. The average Bonchev–Trinajstić information content (AvgIpc) is 2.25. The summed E-state index contributed by atoms with van der Waals surface area (Å²) < 4.78 is 0. The molecule has 0 unspecified atom stereocenters. The van der Waals surface area contributed by atoms with Gasteiger partial charge in [-0.25, -0.2) is 0 Å². The lowest BCUT2D eigenvalue weighted by Crippen LogP contribution is -2.29. The Bertz CT molecular complexity index is 166. The minimum Gasteiger partial charge on any atom is -0.300 e. The number of likely N-dealkylation sites (tertiary alicyclic amines) is 1. The summed E-state index contributed by atoms with van der Waals surface area (Å²) in [5.74, 6) is 0. The van der Waals surface area contributed by atoms with Gasteiger partial charge in [0.15, 0.2) is 0 Å². The molecule has 1 aliphatic rings. The number of unbranched alkanes of at least 4 members (excludes halogenated alkanes) is 2. The van der Waals surface area contributed by atoms with E-state index >= 15 is 0 Å². The lowest BCUT2D eigenvalue weighted by atomic mass is 10.1. The quantitative estimate of drug-likeness (QED) is 0.462. The van der Waals surface area contributed by atoms with E-state index < -0.39 is 0 Å². The maximum Gasteiger partial charge on any atom is 0.0163 e. The fourth-order valence-corrected chi connectivity index (χ4v) is 1.86. The number of hydrogen-bond donors (Lipinski definition) is 0. The Hall–Kier alpha value is -0.560. The standard InChI is InChI=1S/C13H23N/c1-2-3-4-5-6-8-11-14-12-9-7-10-13-14/h2,6,8H,1,3-5,7,9-13H2/b8-6+. The van der Waals surface area contributed by atoms with Crippen LogP contribution in [0.2, 0.25) is 0 Å². The molecular formula is C13H23N. The highest BCUT2D eigenvalue weighted by Gasteiger charge is 2.06. The third-order valence-corrected chi connectivity index (χ3v) is 2.76. The summed E-state index contributed by atoms with van der Waals surface area (Å²) in [6.45, 7) is 7.49. The van der Waals surface area contributed by atoms with Crippen molar-refractivity contribution in [2.75, 3.05) is 19.6 Å². The Morgan fingerprint density at radius 2 is 1.79 bits per heavy atom. The van der Waals surface area contributed by atoms with Crippen LogP contribution in [0.3, 0.4) is 0 Å². The molecule has 1 aliphatic heterocycles. The minimum absolute atomic E-state index is 1.15. The highest BCUT2D eigenvalue weighted by molar-refractivity contribution is 4.86. The van der Waals surface area contributed by atoms with Crippen molar-refractivity contribution in [3.8, 4) is 0 Å². The normalized spacial score (nSPS) is 18.9. The number of allylic oxidation sites excluding steroid dienone is 2. The minimum atomic E-state index is 1.15. The first-order chi connectivity index (χ1) is 6.93. The molecule has 0 saturated carbocycles. The van der Waals surface area contributed by atoms with Crippen molar-refractivity contribution in [3.05, 3.63) is 24.8 Å². The zero-order valence-corrected chi connectivity index (χ0v) is 9.25. The number of nitrogens with zero attached hydrogens (tertiary/aromatic N) is 1. The summed E-state index contributed by atoms with van der Waals surface area (Å²) in [6.07, 6.45) is 14.5. The summed E-state index contributed by atoms with van der Waals surface area (Å²) in [4.78, 5) is 2.55. The van der Waals surface area contributed by atoms with Crippen molar-refractivity contribution in [2.45, 2.75) is 38.5 Å². The zero-order chi connectivity index (χ0) is 10.1. The smallest absolute Gasteiger partial charge is 0.0163 e. The number of hydrogen-bond acceptors (Lipinski definition) is 1. The van der Waals surface area contributed by atoms with E-state index in [0.717, 1.165) is 13.0 Å².